The number of rotatable bonds is 6. The van der Waals surface area contributed by atoms with Crippen molar-refractivity contribution in [1.29, 1.82) is 0 Å². The Balaban J connectivity index is 1.98. The van der Waals surface area contributed by atoms with Crippen LogP contribution in [-0.4, -0.2) is 22.9 Å². The molecule has 1 aliphatic rings. The number of carbonyl (C=O) groups is 1. The zero-order chi connectivity index (χ0) is 13.8. The van der Waals surface area contributed by atoms with E-state index in [0.29, 0.717) is 25.4 Å². The fourth-order valence-electron chi connectivity index (χ4n) is 2.13. The van der Waals surface area contributed by atoms with Crippen LogP contribution in [0.1, 0.15) is 38.2 Å². The normalized spacial score (nSPS) is 16.2. The summed E-state index contributed by atoms with van der Waals surface area (Å²) >= 11 is 0. The van der Waals surface area contributed by atoms with Crippen molar-refractivity contribution in [2.75, 3.05) is 0 Å². The summed E-state index contributed by atoms with van der Waals surface area (Å²) in [7, 11) is 0. The van der Waals surface area contributed by atoms with Gasteiger partial charge in [0.05, 0.1) is 0 Å². The van der Waals surface area contributed by atoms with Crippen LogP contribution in [0.25, 0.3) is 0 Å². The van der Waals surface area contributed by atoms with Crippen molar-refractivity contribution < 1.29 is 9.18 Å². The third-order valence-electron chi connectivity index (χ3n) is 3.36. The van der Waals surface area contributed by atoms with Gasteiger partial charge >= 0.3 is 0 Å². The predicted molar refractivity (Wildman–Crippen MR) is 72.9 cm³/mol. The molecule has 3 nitrogen and oxygen atoms in total. The second-order valence-electron chi connectivity index (χ2n) is 5.40. The average molecular weight is 264 g/mol. The smallest absolute Gasteiger partial charge is 0.223 e. The lowest BCUT2D eigenvalue weighted by Crippen LogP contribution is -2.33. The molecule has 1 atom stereocenters. The SMILES string of the molecule is CC(N)CCC(=O)N(Cc1cccc(F)c1)C1CC1. The molecular weight excluding hydrogens is 243 g/mol. The van der Waals surface area contributed by atoms with Crippen molar-refractivity contribution in [1.82, 2.24) is 4.90 Å². The highest BCUT2D eigenvalue weighted by molar-refractivity contribution is 5.76. The zero-order valence-electron chi connectivity index (χ0n) is 11.3. The standard InChI is InChI=1S/C15H21FN2O/c1-11(17)5-8-15(19)18(14-6-7-14)10-12-3-2-4-13(16)9-12/h2-4,9,11,14H,5-8,10,17H2,1H3. The summed E-state index contributed by atoms with van der Waals surface area (Å²) in [5.74, 6) is -0.125. The number of benzene rings is 1. The van der Waals surface area contributed by atoms with Gasteiger partial charge in [-0.1, -0.05) is 12.1 Å². The maximum atomic E-state index is 13.2. The number of nitrogens with two attached hydrogens (primary N) is 1. The van der Waals surface area contributed by atoms with Gasteiger partial charge in [0.2, 0.25) is 5.91 Å². The first-order valence-corrected chi connectivity index (χ1v) is 6.86. The van der Waals surface area contributed by atoms with Crippen LogP contribution in [0, 0.1) is 5.82 Å². The van der Waals surface area contributed by atoms with Gasteiger partial charge in [-0.3, -0.25) is 4.79 Å². The van der Waals surface area contributed by atoms with Crippen LogP contribution >= 0.6 is 0 Å². The molecule has 1 unspecified atom stereocenters. The molecule has 0 spiro atoms. The second-order valence-corrected chi connectivity index (χ2v) is 5.40. The number of nitrogens with zero attached hydrogens (tertiary/aromatic N) is 1. The first-order valence-electron chi connectivity index (χ1n) is 6.86. The van der Waals surface area contributed by atoms with E-state index >= 15 is 0 Å². The summed E-state index contributed by atoms with van der Waals surface area (Å²) < 4.78 is 13.2. The van der Waals surface area contributed by atoms with E-state index in [-0.39, 0.29) is 17.8 Å². The van der Waals surface area contributed by atoms with E-state index in [4.69, 9.17) is 5.73 Å². The van der Waals surface area contributed by atoms with E-state index in [1.54, 1.807) is 6.07 Å². The minimum absolute atomic E-state index is 0.0409. The first kappa shape index (κ1) is 14.0. The van der Waals surface area contributed by atoms with Crippen LogP contribution in [0.2, 0.25) is 0 Å². The van der Waals surface area contributed by atoms with Gasteiger partial charge in [-0.2, -0.15) is 0 Å². The third kappa shape index (κ3) is 4.31. The Hall–Kier alpha value is -1.42. The summed E-state index contributed by atoms with van der Waals surface area (Å²) in [6.07, 6.45) is 3.28. The molecule has 4 heteroatoms. The molecule has 1 saturated carbocycles. The van der Waals surface area contributed by atoms with E-state index in [2.05, 4.69) is 0 Å². The number of halogens is 1. The first-order chi connectivity index (χ1) is 9.06. The van der Waals surface area contributed by atoms with E-state index in [1.807, 2.05) is 17.9 Å². The van der Waals surface area contributed by atoms with Crippen molar-refractivity contribution in [3.63, 3.8) is 0 Å². The molecule has 2 rings (SSSR count). The average Bonchev–Trinajstić information content (AvgIpc) is 3.17. The maximum absolute atomic E-state index is 13.2. The quantitative estimate of drug-likeness (QED) is 0.857. The van der Waals surface area contributed by atoms with Crippen molar-refractivity contribution in [3.8, 4) is 0 Å². The molecule has 2 N–H and O–H groups in total. The molecule has 1 aliphatic carbocycles. The Bertz CT molecular complexity index is 444. The van der Waals surface area contributed by atoms with E-state index < -0.39 is 0 Å². The summed E-state index contributed by atoms with van der Waals surface area (Å²) in [5.41, 5.74) is 6.53. The molecule has 104 valence electrons. The Morgan fingerprint density at radius 3 is 2.84 bits per heavy atom. The van der Waals surface area contributed by atoms with Gasteiger partial charge in [-0.05, 0) is 43.9 Å². The van der Waals surface area contributed by atoms with Gasteiger partial charge in [0.15, 0.2) is 0 Å². The molecule has 1 fully saturated rings. The Labute approximate surface area is 113 Å². The lowest BCUT2D eigenvalue weighted by molar-refractivity contribution is -0.132. The lowest BCUT2D eigenvalue weighted by Gasteiger charge is -2.23. The lowest BCUT2D eigenvalue weighted by atomic mass is 10.1. The maximum Gasteiger partial charge on any atom is 0.223 e. The van der Waals surface area contributed by atoms with Gasteiger partial charge in [-0.15, -0.1) is 0 Å². The fourth-order valence-corrected chi connectivity index (χ4v) is 2.13. The zero-order valence-corrected chi connectivity index (χ0v) is 11.3. The Kier molecular flexibility index (Phi) is 4.53. The Morgan fingerprint density at radius 1 is 1.53 bits per heavy atom. The van der Waals surface area contributed by atoms with Crippen molar-refractivity contribution in [3.05, 3.63) is 35.6 Å². The van der Waals surface area contributed by atoms with E-state index in [9.17, 15) is 9.18 Å². The van der Waals surface area contributed by atoms with Crippen molar-refractivity contribution >= 4 is 5.91 Å². The molecule has 0 heterocycles. The minimum Gasteiger partial charge on any atom is -0.335 e. The van der Waals surface area contributed by atoms with Crippen LogP contribution in [0.5, 0.6) is 0 Å². The molecule has 19 heavy (non-hydrogen) atoms. The van der Waals surface area contributed by atoms with Gasteiger partial charge in [0, 0.05) is 25.0 Å². The summed E-state index contributed by atoms with van der Waals surface area (Å²) in [4.78, 5) is 14.1. The van der Waals surface area contributed by atoms with Gasteiger partial charge in [-0.25, -0.2) is 4.39 Å². The predicted octanol–water partition coefficient (Wildman–Crippen LogP) is 2.44. The highest BCUT2D eigenvalue weighted by Crippen LogP contribution is 2.29. The second kappa shape index (κ2) is 6.15. The van der Waals surface area contributed by atoms with E-state index in [1.165, 1.54) is 12.1 Å². The van der Waals surface area contributed by atoms with Gasteiger partial charge < -0.3 is 10.6 Å². The number of hydrogen-bond donors (Lipinski definition) is 1. The summed E-state index contributed by atoms with van der Waals surface area (Å²) in [6, 6.07) is 6.83. The molecule has 0 radical (unpaired) electrons. The number of amides is 1. The van der Waals surface area contributed by atoms with Crippen LogP contribution in [0.15, 0.2) is 24.3 Å². The molecule has 0 bridgehead atoms. The highest BCUT2D eigenvalue weighted by Gasteiger charge is 2.32. The van der Waals surface area contributed by atoms with Crippen LogP contribution in [0.3, 0.4) is 0 Å². The molecular formula is C15H21FN2O. The van der Waals surface area contributed by atoms with E-state index in [0.717, 1.165) is 18.4 Å². The number of hydrogen-bond acceptors (Lipinski definition) is 2. The summed E-state index contributed by atoms with van der Waals surface area (Å²) in [6.45, 7) is 2.40. The van der Waals surface area contributed by atoms with Crippen LogP contribution in [-0.2, 0) is 11.3 Å². The fraction of sp³-hybridized carbons (Fsp3) is 0.533. The molecule has 0 aromatic heterocycles. The van der Waals surface area contributed by atoms with Gasteiger partial charge in [0.25, 0.3) is 0 Å². The molecule has 1 amide bonds. The van der Waals surface area contributed by atoms with Crippen LogP contribution < -0.4 is 5.73 Å². The van der Waals surface area contributed by atoms with Crippen molar-refractivity contribution in [2.24, 2.45) is 5.73 Å². The largest absolute Gasteiger partial charge is 0.335 e. The molecule has 0 saturated heterocycles. The van der Waals surface area contributed by atoms with Gasteiger partial charge in [0.1, 0.15) is 5.82 Å². The molecule has 0 aliphatic heterocycles. The Morgan fingerprint density at radius 2 is 2.26 bits per heavy atom. The van der Waals surface area contributed by atoms with Crippen LogP contribution in [0.4, 0.5) is 4.39 Å². The monoisotopic (exact) mass is 264 g/mol. The molecule has 1 aromatic carbocycles. The topological polar surface area (TPSA) is 46.3 Å². The highest BCUT2D eigenvalue weighted by atomic mass is 19.1. The summed E-state index contributed by atoms with van der Waals surface area (Å²) in [5, 5.41) is 0. The minimum atomic E-state index is -0.253. The third-order valence-corrected chi connectivity index (χ3v) is 3.36. The number of carbonyl (C=O) groups excluding carboxylic acids is 1. The van der Waals surface area contributed by atoms with Crippen molar-refractivity contribution in [2.45, 2.75) is 51.2 Å². The molecule has 1 aromatic rings.